The zero-order valence-electron chi connectivity index (χ0n) is 13.2. The van der Waals surface area contributed by atoms with Crippen molar-refractivity contribution in [2.75, 3.05) is 20.3 Å². The molecule has 1 aliphatic carbocycles. The van der Waals surface area contributed by atoms with Gasteiger partial charge < -0.3 is 9.47 Å². The summed E-state index contributed by atoms with van der Waals surface area (Å²) in [6.45, 7) is 7.00. The van der Waals surface area contributed by atoms with E-state index in [9.17, 15) is 4.79 Å². The third kappa shape index (κ3) is 5.66. The van der Waals surface area contributed by atoms with Crippen LogP contribution in [0, 0.1) is 11.3 Å². The molecule has 0 aliphatic heterocycles. The number of ether oxygens (including phenoxy) is 2. The van der Waals surface area contributed by atoms with Crippen LogP contribution in [-0.2, 0) is 14.3 Å². The molecule has 1 rings (SSSR count). The SMILES string of the molecule is C=CC(=O)OCCC1(CCOC)CCC(CCC)CC1. The number of carbonyl (C=O) groups excluding carboxylic acids is 1. The zero-order chi connectivity index (χ0) is 14.8. The molecular weight excluding hydrogens is 252 g/mol. The molecule has 0 aromatic carbocycles. The molecule has 0 bridgehead atoms. The number of methoxy groups -OCH3 is 1. The molecule has 1 fully saturated rings. The van der Waals surface area contributed by atoms with Crippen molar-refractivity contribution in [1.29, 1.82) is 0 Å². The van der Waals surface area contributed by atoms with Crippen LogP contribution in [0.5, 0.6) is 0 Å². The number of rotatable bonds is 9. The molecule has 0 unspecified atom stereocenters. The van der Waals surface area contributed by atoms with Gasteiger partial charge in [0, 0.05) is 19.8 Å². The van der Waals surface area contributed by atoms with Gasteiger partial charge in [-0.1, -0.05) is 26.3 Å². The highest BCUT2D eigenvalue weighted by molar-refractivity contribution is 5.81. The van der Waals surface area contributed by atoms with Crippen LogP contribution < -0.4 is 0 Å². The quantitative estimate of drug-likeness (QED) is 0.471. The Labute approximate surface area is 123 Å². The first kappa shape index (κ1) is 17.2. The summed E-state index contributed by atoms with van der Waals surface area (Å²) in [6, 6.07) is 0. The summed E-state index contributed by atoms with van der Waals surface area (Å²) >= 11 is 0. The summed E-state index contributed by atoms with van der Waals surface area (Å²) in [5.41, 5.74) is 0.307. The number of carbonyl (C=O) groups is 1. The molecule has 0 amide bonds. The molecule has 1 saturated carbocycles. The molecule has 116 valence electrons. The lowest BCUT2D eigenvalue weighted by molar-refractivity contribution is -0.138. The van der Waals surface area contributed by atoms with Crippen LogP contribution >= 0.6 is 0 Å². The second-order valence-electron chi connectivity index (χ2n) is 6.10. The number of hydrogen-bond donors (Lipinski definition) is 0. The van der Waals surface area contributed by atoms with E-state index in [2.05, 4.69) is 13.5 Å². The maximum absolute atomic E-state index is 11.1. The monoisotopic (exact) mass is 282 g/mol. The van der Waals surface area contributed by atoms with Gasteiger partial charge in [0.2, 0.25) is 0 Å². The van der Waals surface area contributed by atoms with Gasteiger partial charge in [0.15, 0.2) is 0 Å². The van der Waals surface area contributed by atoms with E-state index in [1.54, 1.807) is 7.11 Å². The predicted molar refractivity (Wildman–Crippen MR) is 81.6 cm³/mol. The van der Waals surface area contributed by atoms with E-state index in [0.29, 0.717) is 12.0 Å². The predicted octanol–water partition coefficient (Wildman–Crippen LogP) is 4.12. The normalized spacial score (nSPS) is 26.2. The molecule has 0 aromatic heterocycles. The molecule has 0 aromatic rings. The third-order valence-electron chi connectivity index (χ3n) is 4.74. The Morgan fingerprint density at radius 3 is 2.50 bits per heavy atom. The first-order chi connectivity index (χ1) is 9.65. The van der Waals surface area contributed by atoms with Crippen LogP contribution in [-0.4, -0.2) is 26.3 Å². The average molecular weight is 282 g/mol. The van der Waals surface area contributed by atoms with Gasteiger partial charge in [-0.25, -0.2) is 4.79 Å². The van der Waals surface area contributed by atoms with Crippen molar-refractivity contribution in [3.63, 3.8) is 0 Å². The summed E-state index contributed by atoms with van der Waals surface area (Å²) < 4.78 is 10.4. The van der Waals surface area contributed by atoms with Gasteiger partial charge in [-0.05, 0) is 49.9 Å². The maximum Gasteiger partial charge on any atom is 0.330 e. The molecular formula is C17H30O3. The van der Waals surface area contributed by atoms with E-state index < -0.39 is 0 Å². The fraction of sp³-hybridized carbons (Fsp3) is 0.824. The second-order valence-corrected chi connectivity index (χ2v) is 6.10. The van der Waals surface area contributed by atoms with Gasteiger partial charge in [-0.15, -0.1) is 0 Å². The fourth-order valence-corrected chi connectivity index (χ4v) is 3.36. The van der Waals surface area contributed by atoms with E-state index in [1.807, 2.05) is 0 Å². The van der Waals surface area contributed by atoms with Crippen molar-refractivity contribution in [3.8, 4) is 0 Å². The third-order valence-corrected chi connectivity index (χ3v) is 4.74. The minimum Gasteiger partial charge on any atom is -0.463 e. The van der Waals surface area contributed by atoms with E-state index in [0.717, 1.165) is 25.4 Å². The van der Waals surface area contributed by atoms with Crippen LogP contribution in [0.25, 0.3) is 0 Å². The molecule has 3 nitrogen and oxygen atoms in total. The standard InChI is InChI=1S/C17H30O3/c1-4-6-15-7-9-17(10-8-15,11-13-19-3)12-14-20-16(18)5-2/h5,15H,2,4,6-14H2,1,3H3. The Hall–Kier alpha value is -0.830. The topological polar surface area (TPSA) is 35.5 Å². The lowest BCUT2D eigenvalue weighted by Gasteiger charge is -2.40. The summed E-state index contributed by atoms with van der Waals surface area (Å²) in [6.07, 6.45) is 11.0. The van der Waals surface area contributed by atoms with Gasteiger partial charge >= 0.3 is 5.97 Å². The molecule has 0 spiro atoms. The first-order valence-corrected chi connectivity index (χ1v) is 7.94. The minimum atomic E-state index is -0.313. The highest BCUT2D eigenvalue weighted by atomic mass is 16.5. The Balaban J connectivity index is 2.46. The van der Waals surface area contributed by atoms with Crippen molar-refractivity contribution in [3.05, 3.63) is 12.7 Å². The van der Waals surface area contributed by atoms with Crippen LogP contribution in [0.4, 0.5) is 0 Å². The lowest BCUT2D eigenvalue weighted by Crippen LogP contribution is -2.30. The maximum atomic E-state index is 11.1. The van der Waals surface area contributed by atoms with E-state index in [-0.39, 0.29) is 5.97 Å². The number of hydrogen-bond acceptors (Lipinski definition) is 3. The fourth-order valence-electron chi connectivity index (χ4n) is 3.36. The molecule has 0 radical (unpaired) electrons. The van der Waals surface area contributed by atoms with E-state index in [1.165, 1.54) is 44.6 Å². The van der Waals surface area contributed by atoms with Gasteiger partial charge in [-0.3, -0.25) is 0 Å². The van der Waals surface area contributed by atoms with Crippen LogP contribution in [0.1, 0.15) is 58.3 Å². The van der Waals surface area contributed by atoms with Gasteiger partial charge in [0.25, 0.3) is 0 Å². The summed E-state index contributed by atoms with van der Waals surface area (Å²) in [5.74, 6) is 0.581. The summed E-state index contributed by atoms with van der Waals surface area (Å²) in [7, 11) is 1.76. The molecule has 0 saturated heterocycles. The first-order valence-electron chi connectivity index (χ1n) is 7.94. The van der Waals surface area contributed by atoms with Crippen molar-refractivity contribution < 1.29 is 14.3 Å². The molecule has 1 aliphatic rings. The van der Waals surface area contributed by atoms with E-state index >= 15 is 0 Å². The van der Waals surface area contributed by atoms with Crippen molar-refractivity contribution in [2.45, 2.75) is 58.3 Å². The molecule has 20 heavy (non-hydrogen) atoms. The van der Waals surface area contributed by atoms with Crippen LogP contribution in [0.15, 0.2) is 12.7 Å². The van der Waals surface area contributed by atoms with Gasteiger partial charge in [0.1, 0.15) is 0 Å². The molecule has 0 N–H and O–H groups in total. The molecule has 0 atom stereocenters. The van der Waals surface area contributed by atoms with Crippen molar-refractivity contribution in [1.82, 2.24) is 0 Å². The zero-order valence-corrected chi connectivity index (χ0v) is 13.2. The summed E-state index contributed by atoms with van der Waals surface area (Å²) in [4.78, 5) is 11.1. The Bertz CT molecular complexity index is 291. The Morgan fingerprint density at radius 1 is 1.30 bits per heavy atom. The number of esters is 1. The minimum absolute atomic E-state index is 0.307. The van der Waals surface area contributed by atoms with Gasteiger partial charge in [-0.2, -0.15) is 0 Å². The Kier molecular flexibility index (Phi) is 7.90. The van der Waals surface area contributed by atoms with Crippen LogP contribution in [0.3, 0.4) is 0 Å². The van der Waals surface area contributed by atoms with Crippen molar-refractivity contribution >= 4 is 5.97 Å². The van der Waals surface area contributed by atoms with Gasteiger partial charge in [0.05, 0.1) is 6.61 Å². The van der Waals surface area contributed by atoms with Crippen molar-refractivity contribution in [2.24, 2.45) is 11.3 Å². The van der Waals surface area contributed by atoms with Crippen LogP contribution in [0.2, 0.25) is 0 Å². The summed E-state index contributed by atoms with van der Waals surface area (Å²) in [5, 5.41) is 0. The van der Waals surface area contributed by atoms with E-state index in [4.69, 9.17) is 9.47 Å². The molecule has 0 heterocycles. The Morgan fingerprint density at radius 2 is 1.95 bits per heavy atom. The smallest absolute Gasteiger partial charge is 0.330 e. The highest BCUT2D eigenvalue weighted by Crippen LogP contribution is 2.45. The lowest BCUT2D eigenvalue weighted by atomic mass is 9.66. The molecule has 3 heteroatoms. The second kappa shape index (κ2) is 9.17. The largest absolute Gasteiger partial charge is 0.463 e. The average Bonchev–Trinajstić information content (AvgIpc) is 2.47. The highest BCUT2D eigenvalue weighted by Gasteiger charge is 2.34.